The molecule has 12 aromatic rings. The van der Waals surface area contributed by atoms with Gasteiger partial charge in [-0.1, -0.05) is 147 Å². The van der Waals surface area contributed by atoms with E-state index in [4.69, 9.17) is 43.3 Å². The number of fused-ring (bicyclic) bond motifs is 3. The van der Waals surface area contributed by atoms with Gasteiger partial charge >= 0.3 is 0 Å². The quantitative estimate of drug-likeness (QED) is 0.0304. The van der Waals surface area contributed by atoms with Crippen molar-refractivity contribution in [2.24, 2.45) is 5.14 Å². The van der Waals surface area contributed by atoms with E-state index >= 15 is 0 Å². The number of hydrogen-bond acceptors (Lipinski definition) is 22. The molecule has 5 aliphatic carbocycles. The predicted octanol–water partition coefficient (Wildman–Crippen LogP) is 17.4. The Morgan fingerprint density at radius 2 is 0.933 bits per heavy atom. The van der Waals surface area contributed by atoms with E-state index in [2.05, 4.69) is 35.0 Å². The van der Waals surface area contributed by atoms with Crippen molar-refractivity contribution in [2.45, 2.75) is 167 Å². The van der Waals surface area contributed by atoms with Gasteiger partial charge in [0.25, 0.3) is 5.91 Å². The fraction of sp³-hybridized carbons (Fsp3) is 0.298. The highest BCUT2D eigenvalue weighted by atomic mass is 32.2. The minimum absolute atomic E-state index is 0. The number of ether oxygens (including phenoxy) is 7. The highest BCUT2D eigenvalue weighted by Crippen LogP contribution is 2.55. The minimum Gasteiger partial charge on any atom is -0.497 e. The van der Waals surface area contributed by atoms with Gasteiger partial charge in [-0.05, 0) is 231 Å². The highest BCUT2D eigenvalue weighted by molar-refractivity contribution is 7.89. The molecule has 0 spiro atoms. The minimum atomic E-state index is -3.73. The number of rotatable bonds is 28. The predicted molar refractivity (Wildman–Crippen MR) is 516 cm³/mol. The van der Waals surface area contributed by atoms with Crippen molar-refractivity contribution in [3.05, 3.63) is 299 Å². The summed E-state index contributed by atoms with van der Waals surface area (Å²) in [5.41, 5.74) is 13.0. The molecule has 5 fully saturated rings. The fourth-order valence-corrected chi connectivity index (χ4v) is 20.4. The van der Waals surface area contributed by atoms with E-state index in [9.17, 15) is 49.2 Å². The van der Waals surface area contributed by atoms with Crippen LogP contribution in [0.2, 0.25) is 0 Å². The van der Waals surface area contributed by atoms with E-state index in [-0.39, 0.29) is 98.3 Å². The fourth-order valence-electron chi connectivity index (χ4n) is 18.2. The SMILES string of the molecule is CNC(=O)c1cccc(-c2ccc(CC(=O)C3(c4ccc5c(c4)OCO5)CC3)nc2)c1.COc1ccc(C2(C(=O)Nc3cccc(-c4ccc(CNS(C)(=O)=O)cc4)n3)CCCC2)cc1.Cc1nc(CC(=O)C2(c3ccc4c(c3)OCO4)CC2)ccc1-c1ccc(S(N)(=O)=O)cc1.O=C(Cc1cccc(-c2ccc(S(=O)(=O)NC3CCCCC3)cc2)n1)C1(c2ccc3c(c2)OCO3)CC1.[HH].[HH].[HH].[HH].[HH]. The molecule has 7 heterocycles. The third kappa shape index (κ3) is 21.0. The van der Waals surface area contributed by atoms with E-state index < -0.39 is 51.7 Å². The van der Waals surface area contributed by atoms with Crippen LogP contribution in [0.25, 0.3) is 44.8 Å². The van der Waals surface area contributed by atoms with Crippen molar-refractivity contribution in [1.82, 2.24) is 34.7 Å². The number of aryl methyl sites for hydroxylation is 1. The number of primary sulfonamides is 1. The van der Waals surface area contributed by atoms with Gasteiger partial charge in [0, 0.05) is 103 Å². The van der Waals surface area contributed by atoms with Gasteiger partial charge in [0.05, 0.1) is 56.2 Å². The van der Waals surface area contributed by atoms with Crippen LogP contribution in [-0.2, 0) is 96.7 Å². The summed E-state index contributed by atoms with van der Waals surface area (Å²) in [4.78, 5) is 84.0. The number of benzene rings is 8. The van der Waals surface area contributed by atoms with Crippen LogP contribution < -0.4 is 58.4 Å². The van der Waals surface area contributed by atoms with Crippen molar-refractivity contribution >= 4 is 65.1 Å². The second-order valence-electron chi connectivity index (χ2n) is 35.1. The Labute approximate surface area is 786 Å². The number of pyridine rings is 4. The maximum absolute atomic E-state index is 13.5. The molecule has 30 heteroatoms. The zero-order chi connectivity index (χ0) is 93.6. The number of carbonyl (C=O) groups excluding carboxylic acids is 5. The molecule has 6 N–H and O–H groups in total. The Morgan fingerprint density at radius 3 is 1.44 bits per heavy atom. The van der Waals surface area contributed by atoms with E-state index in [0.717, 1.165) is 186 Å². The number of carbonyl (C=O) groups is 5. The number of Topliss-reactive ketones (excluding diaryl/α,β-unsaturated/α-hetero) is 3. The first kappa shape index (κ1) is 92.5. The van der Waals surface area contributed by atoms with Gasteiger partial charge in [-0.25, -0.2) is 44.8 Å². The van der Waals surface area contributed by atoms with Crippen molar-refractivity contribution in [3.63, 3.8) is 0 Å². The molecule has 0 bridgehead atoms. The second-order valence-corrected chi connectivity index (χ2v) is 40.2. The van der Waals surface area contributed by atoms with Crippen LogP contribution >= 0.6 is 0 Å². The number of methoxy groups -OCH3 is 1. The van der Waals surface area contributed by atoms with Crippen molar-refractivity contribution in [3.8, 4) is 85.0 Å². The Morgan fingerprint density at radius 1 is 0.455 bits per heavy atom. The molecule has 0 atom stereocenters. The summed E-state index contributed by atoms with van der Waals surface area (Å²) in [6.45, 7) is 2.75. The monoisotopic (exact) mass is 1870 g/mol. The van der Waals surface area contributed by atoms with Crippen LogP contribution in [0.4, 0.5) is 5.82 Å². The van der Waals surface area contributed by atoms with Gasteiger partial charge in [-0.15, -0.1) is 0 Å². The number of aromatic nitrogens is 4. The summed E-state index contributed by atoms with van der Waals surface area (Å²) in [6, 6.07) is 71.9. The van der Waals surface area contributed by atoms with Gasteiger partial charge < -0.3 is 43.8 Å². The standard InChI is InChI=1S/C29H30N2O5S.C26H29N3O4S.C25H22N2O4.C24H22N2O5S.5H2/c32-28(29(15-16-29)21-11-14-26-27(17-21)36-19-35-26)18-23-7-4-8-25(30-23)20-9-12-24(13-10-20)37(33,34)31-22-5-2-1-3-6-22;1-33-22-14-12-21(13-15-22)26(16-3-4-17-26)25(30)29-24-7-5-6-23(28-24)20-10-8-19(9-11-20)18-27-34(2,31)32;1-26-24(29)17-4-2-3-16(11-17)18-5-7-20(27-14-18)13-23(28)25(9-10-25)19-6-8-21-22(12-19)31-15-30-21;1-15-20(16-2-6-19(7-3-16)32(25,28)29)8-5-18(26-15)13-23(27)24(10-11-24)17-4-9-21-22(12-17)31-14-30-21;;;;;/h4,7-14,17,22,31H,1-3,5-6,15-16,18-19H2;5-15,27H,3-4,16-18H2,1-2H3,(H,28,29,30);2-8,11-12,14H,9-10,13,15H2,1H3,(H,26,29);2-9,12H,10-11,13-14H2,1H3,(H2,25,28,29);5*1H. The summed E-state index contributed by atoms with van der Waals surface area (Å²) in [5, 5.41) is 10.8. The molecule has 0 radical (unpaired) electrons. The lowest BCUT2D eigenvalue weighted by atomic mass is 9.78. The number of nitrogens with zero attached hydrogens (tertiary/aromatic N) is 4. The van der Waals surface area contributed by atoms with Crippen LogP contribution in [0.3, 0.4) is 0 Å². The number of anilines is 1. The Kier molecular flexibility index (Phi) is 27.0. The summed E-state index contributed by atoms with van der Waals surface area (Å²) < 4.78 is 114. The summed E-state index contributed by atoms with van der Waals surface area (Å²) >= 11 is 0. The zero-order valence-electron chi connectivity index (χ0n) is 74.7. The van der Waals surface area contributed by atoms with E-state index in [0.29, 0.717) is 57.2 Å². The molecule has 134 heavy (non-hydrogen) atoms. The second kappa shape index (κ2) is 39.1. The molecule has 3 aliphatic heterocycles. The van der Waals surface area contributed by atoms with Gasteiger partial charge in [0.2, 0.25) is 56.4 Å². The van der Waals surface area contributed by atoms with Crippen molar-refractivity contribution in [2.75, 3.05) is 46.1 Å². The lowest BCUT2D eigenvalue weighted by Crippen LogP contribution is -2.38. The van der Waals surface area contributed by atoms with Gasteiger partial charge in [-0.3, -0.25) is 38.9 Å². The first-order valence-corrected chi connectivity index (χ1v) is 49.7. The average Bonchev–Trinajstić information content (AvgIpc) is 1.55. The van der Waals surface area contributed by atoms with E-state index in [1.54, 1.807) is 68.9 Å². The van der Waals surface area contributed by atoms with Crippen LogP contribution in [-0.4, -0.2) is 121 Å². The first-order valence-electron chi connectivity index (χ1n) is 44.8. The van der Waals surface area contributed by atoms with Crippen molar-refractivity contribution < 1.29 is 89.5 Å². The van der Waals surface area contributed by atoms with E-state index in [1.807, 2.05) is 183 Å². The maximum atomic E-state index is 13.5. The molecule has 4 aromatic heterocycles. The molecule has 5 saturated carbocycles. The molecule has 0 saturated heterocycles. The summed E-state index contributed by atoms with van der Waals surface area (Å²) in [7, 11) is -7.30. The number of amides is 2. The molecule has 27 nitrogen and oxygen atoms in total. The Hall–Kier alpha value is -13.4. The third-order valence-corrected chi connectivity index (χ3v) is 29.4. The number of sulfonamides is 3. The van der Waals surface area contributed by atoms with Crippen LogP contribution in [0.1, 0.15) is 164 Å². The molecule has 0 unspecified atom stereocenters. The van der Waals surface area contributed by atoms with Crippen LogP contribution in [0.5, 0.6) is 40.2 Å². The average molecular weight is 1870 g/mol. The largest absolute Gasteiger partial charge is 0.497 e. The van der Waals surface area contributed by atoms with Crippen molar-refractivity contribution in [1.29, 1.82) is 0 Å². The highest BCUT2D eigenvalue weighted by Gasteiger charge is 2.54. The van der Waals surface area contributed by atoms with Gasteiger partial charge in [0.1, 0.15) is 28.9 Å². The van der Waals surface area contributed by atoms with Gasteiger partial charge in [-0.2, -0.15) is 0 Å². The first-order chi connectivity index (χ1) is 64.6. The topological polar surface area (TPSA) is 378 Å². The summed E-state index contributed by atoms with van der Waals surface area (Å²) in [5.74, 6) is 5.80. The lowest BCUT2D eigenvalue weighted by Gasteiger charge is -2.28. The normalized spacial score (nSPS) is 16.3. The van der Waals surface area contributed by atoms with Gasteiger partial charge in [0.15, 0.2) is 34.5 Å². The zero-order valence-corrected chi connectivity index (χ0v) is 77.1. The van der Waals surface area contributed by atoms with E-state index in [1.165, 1.54) is 18.6 Å². The molecule has 8 aromatic carbocycles. The molecule has 8 aliphatic rings. The molecule has 700 valence electrons. The van der Waals surface area contributed by atoms with Crippen LogP contribution in [0.15, 0.2) is 253 Å². The number of nitrogens with two attached hydrogens (primary N) is 1. The molecular formula is C104H113N9O18S3. The maximum Gasteiger partial charge on any atom is 0.251 e. The lowest BCUT2D eigenvalue weighted by molar-refractivity contribution is -0.122. The van der Waals surface area contributed by atoms with Crippen LogP contribution in [0, 0.1) is 6.92 Å². The number of ketones is 3. The Bertz CT molecular complexity index is 6830. The smallest absolute Gasteiger partial charge is 0.251 e. The molecular weight excluding hydrogens is 1760 g/mol. The number of hydrogen-bond donors (Lipinski definition) is 5. The molecule has 2 amide bonds. The summed E-state index contributed by atoms with van der Waals surface area (Å²) in [6.07, 6.45) is 17.3. The third-order valence-electron chi connectivity index (χ3n) is 26.3. The number of nitrogens with one attached hydrogen (secondary N) is 4. The Balaban J connectivity index is 0.000000164. The molecule has 20 rings (SSSR count).